The van der Waals surface area contributed by atoms with Gasteiger partial charge in [-0.3, -0.25) is 0 Å². The lowest BCUT2D eigenvalue weighted by molar-refractivity contribution is 0.435. The SMILES string of the molecule is C[C@@]1(c2ccccc2)CCCN1. The van der Waals surface area contributed by atoms with Gasteiger partial charge in [-0.05, 0) is 31.9 Å². The van der Waals surface area contributed by atoms with E-state index < -0.39 is 0 Å². The second-order valence-electron chi connectivity index (χ2n) is 3.73. The second kappa shape index (κ2) is 2.91. The average molecular weight is 161 g/mol. The molecule has 1 heterocycles. The first kappa shape index (κ1) is 7.81. The van der Waals surface area contributed by atoms with Crippen molar-refractivity contribution in [1.82, 2.24) is 5.32 Å². The molecule has 1 aliphatic rings. The van der Waals surface area contributed by atoms with Gasteiger partial charge in [0.05, 0.1) is 0 Å². The molecule has 0 amide bonds. The molecule has 1 aromatic rings. The molecule has 0 unspecified atom stereocenters. The van der Waals surface area contributed by atoms with Crippen molar-refractivity contribution in [2.45, 2.75) is 25.3 Å². The number of hydrogen-bond donors (Lipinski definition) is 1. The summed E-state index contributed by atoms with van der Waals surface area (Å²) in [5.74, 6) is 0. The van der Waals surface area contributed by atoms with Crippen LogP contribution in [-0.2, 0) is 5.54 Å². The van der Waals surface area contributed by atoms with Gasteiger partial charge in [0.2, 0.25) is 0 Å². The minimum atomic E-state index is 0.237. The highest BCUT2D eigenvalue weighted by Crippen LogP contribution is 2.29. The molecule has 1 N–H and O–H groups in total. The van der Waals surface area contributed by atoms with Crippen LogP contribution in [0.25, 0.3) is 0 Å². The van der Waals surface area contributed by atoms with E-state index in [2.05, 4.69) is 42.6 Å². The van der Waals surface area contributed by atoms with Crippen LogP contribution in [0.5, 0.6) is 0 Å². The predicted octanol–water partition coefficient (Wildman–Crippen LogP) is 2.29. The minimum Gasteiger partial charge on any atom is -0.308 e. The predicted molar refractivity (Wildman–Crippen MR) is 51.0 cm³/mol. The first-order valence-electron chi connectivity index (χ1n) is 4.62. The van der Waals surface area contributed by atoms with Gasteiger partial charge in [0.25, 0.3) is 0 Å². The van der Waals surface area contributed by atoms with E-state index >= 15 is 0 Å². The Morgan fingerprint density at radius 1 is 1.25 bits per heavy atom. The molecule has 12 heavy (non-hydrogen) atoms. The lowest BCUT2D eigenvalue weighted by Gasteiger charge is -2.24. The van der Waals surface area contributed by atoms with E-state index in [1.807, 2.05) is 0 Å². The highest BCUT2D eigenvalue weighted by molar-refractivity contribution is 5.24. The first-order chi connectivity index (χ1) is 5.81. The monoisotopic (exact) mass is 161 g/mol. The van der Waals surface area contributed by atoms with Crippen molar-refractivity contribution in [2.24, 2.45) is 0 Å². The van der Waals surface area contributed by atoms with Gasteiger partial charge in [-0.15, -0.1) is 0 Å². The van der Waals surface area contributed by atoms with E-state index in [0.717, 1.165) is 6.54 Å². The zero-order valence-corrected chi connectivity index (χ0v) is 7.51. The summed E-state index contributed by atoms with van der Waals surface area (Å²) >= 11 is 0. The van der Waals surface area contributed by atoms with Crippen LogP contribution in [-0.4, -0.2) is 6.54 Å². The summed E-state index contributed by atoms with van der Waals surface area (Å²) in [5.41, 5.74) is 1.66. The third kappa shape index (κ3) is 1.25. The zero-order valence-electron chi connectivity index (χ0n) is 7.51. The highest BCUT2D eigenvalue weighted by Gasteiger charge is 2.29. The Balaban J connectivity index is 2.29. The van der Waals surface area contributed by atoms with E-state index in [4.69, 9.17) is 0 Å². The molecule has 1 heteroatoms. The number of benzene rings is 1. The molecule has 1 nitrogen and oxygen atoms in total. The maximum absolute atomic E-state index is 3.55. The standard InChI is InChI=1S/C11H15N/c1-11(8-5-9-12-11)10-6-3-2-4-7-10/h2-4,6-7,12H,5,8-9H2,1H3/t11-/m0/s1. The molecule has 0 radical (unpaired) electrons. The van der Waals surface area contributed by atoms with Crippen molar-refractivity contribution < 1.29 is 0 Å². The quantitative estimate of drug-likeness (QED) is 0.666. The third-order valence-electron chi connectivity index (χ3n) is 2.78. The van der Waals surface area contributed by atoms with Gasteiger partial charge in [0, 0.05) is 5.54 Å². The molecule has 0 bridgehead atoms. The number of hydrogen-bond acceptors (Lipinski definition) is 1. The van der Waals surface area contributed by atoms with Crippen LogP contribution in [0, 0.1) is 0 Å². The van der Waals surface area contributed by atoms with Crippen molar-refractivity contribution in [3.8, 4) is 0 Å². The van der Waals surface area contributed by atoms with E-state index in [1.165, 1.54) is 18.4 Å². The Morgan fingerprint density at radius 3 is 2.58 bits per heavy atom. The van der Waals surface area contributed by atoms with Gasteiger partial charge in [-0.25, -0.2) is 0 Å². The Hall–Kier alpha value is -0.820. The fourth-order valence-corrected chi connectivity index (χ4v) is 1.95. The molecule has 2 rings (SSSR count). The zero-order chi connectivity index (χ0) is 8.44. The minimum absolute atomic E-state index is 0.237. The van der Waals surface area contributed by atoms with Gasteiger partial charge >= 0.3 is 0 Å². The van der Waals surface area contributed by atoms with Crippen molar-refractivity contribution in [2.75, 3.05) is 6.54 Å². The third-order valence-corrected chi connectivity index (χ3v) is 2.78. The van der Waals surface area contributed by atoms with Crippen molar-refractivity contribution in [3.63, 3.8) is 0 Å². The number of nitrogens with one attached hydrogen (secondary N) is 1. The van der Waals surface area contributed by atoms with E-state index in [1.54, 1.807) is 0 Å². The van der Waals surface area contributed by atoms with Crippen molar-refractivity contribution in [3.05, 3.63) is 35.9 Å². The van der Waals surface area contributed by atoms with Crippen LogP contribution < -0.4 is 5.32 Å². The molecule has 1 saturated heterocycles. The highest BCUT2D eigenvalue weighted by atomic mass is 15.0. The van der Waals surface area contributed by atoms with Gasteiger partial charge in [0.1, 0.15) is 0 Å². The summed E-state index contributed by atoms with van der Waals surface area (Å²) < 4.78 is 0. The molecule has 0 spiro atoms. The Labute approximate surface area is 73.8 Å². The summed E-state index contributed by atoms with van der Waals surface area (Å²) in [7, 11) is 0. The molecular weight excluding hydrogens is 146 g/mol. The Morgan fingerprint density at radius 2 is 2.00 bits per heavy atom. The Kier molecular flexibility index (Phi) is 1.89. The van der Waals surface area contributed by atoms with E-state index in [9.17, 15) is 0 Å². The van der Waals surface area contributed by atoms with Gasteiger partial charge < -0.3 is 5.32 Å². The maximum Gasteiger partial charge on any atom is 0.0406 e. The smallest absolute Gasteiger partial charge is 0.0406 e. The maximum atomic E-state index is 3.55. The topological polar surface area (TPSA) is 12.0 Å². The Bertz CT molecular complexity index is 247. The lowest BCUT2D eigenvalue weighted by atomic mass is 9.91. The molecule has 1 aromatic carbocycles. The summed E-state index contributed by atoms with van der Waals surface area (Å²) in [6.07, 6.45) is 2.56. The van der Waals surface area contributed by atoms with E-state index in [0.29, 0.717) is 0 Å². The molecule has 64 valence electrons. The fourth-order valence-electron chi connectivity index (χ4n) is 1.95. The largest absolute Gasteiger partial charge is 0.308 e. The number of rotatable bonds is 1. The van der Waals surface area contributed by atoms with Crippen LogP contribution in [0.15, 0.2) is 30.3 Å². The molecule has 0 saturated carbocycles. The van der Waals surface area contributed by atoms with Crippen molar-refractivity contribution in [1.29, 1.82) is 0 Å². The van der Waals surface area contributed by atoms with Crippen LogP contribution in [0.3, 0.4) is 0 Å². The van der Waals surface area contributed by atoms with Crippen LogP contribution in [0.2, 0.25) is 0 Å². The second-order valence-corrected chi connectivity index (χ2v) is 3.73. The van der Waals surface area contributed by atoms with Gasteiger partial charge in [-0.1, -0.05) is 30.3 Å². The molecule has 1 atom stereocenters. The van der Waals surface area contributed by atoms with E-state index in [-0.39, 0.29) is 5.54 Å². The molecule has 0 aliphatic carbocycles. The molecular formula is C11H15N. The fraction of sp³-hybridized carbons (Fsp3) is 0.455. The summed E-state index contributed by atoms with van der Waals surface area (Å²) in [4.78, 5) is 0. The van der Waals surface area contributed by atoms with Gasteiger partial charge in [-0.2, -0.15) is 0 Å². The summed E-state index contributed by atoms with van der Waals surface area (Å²) in [5, 5.41) is 3.55. The van der Waals surface area contributed by atoms with Crippen LogP contribution >= 0.6 is 0 Å². The normalized spacial score (nSPS) is 29.1. The first-order valence-corrected chi connectivity index (χ1v) is 4.62. The molecule has 1 aliphatic heterocycles. The summed E-state index contributed by atoms with van der Waals surface area (Å²) in [6.45, 7) is 3.45. The molecule has 0 aromatic heterocycles. The lowest BCUT2D eigenvalue weighted by Crippen LogP contribution is -2.32. The van der Waals surface area contributed by atoms with Crippen LogP contribution in [0.4, 0.5) is 0 Å². The molecule has 1 fully saturated rings. The van der Waals surface area contributed by atoms with Gasteiger partial charge in [0.15, 0.2) is 0 Å². The summed E-state index contributed by atoms with van der Waals surface area (Å²) in [6, 6.07) is 10.7. The van der Waals surface area contributed by atoms with Crippen LogP contribution in [0.1, 0.15) is 25.3 Å². The average Bonchev–Trinajstić information content (AvgIpc) is 2.55. The van der Waals surface area contributed by atoms with Crippen molar-refractivity contribution >= 4 is 0 Å².